The molecule has 0 fully saturated rings. The number of hydrogen-bond donors (Lipinski definition) is 2. The highest BCUT2D eigenvalue weighted by atomic mass is 19.1. The molecule has 0 aliphatic carbocycles. The van der Waals surface area contributed by atoms with Crippen LogP contribution in [0.2, 0.25) is 0 Å². The maximum Gasteiger partial charge on any atom is 0.239 e. The summed E-state index contributed by atoms with van der Waals surface area (Å²) in [6, 6.07) is 13.3. The number of carbonyl (C=O) groups excluding carboxylic acids is 2. The first-order valence-electron chi connectivity index (χ1n) is 9.38. The third kappa shape index (κ3) is 6.37. The van der Waals surface area contributed by atoms with Gasteiger partial charge in [0.05, 0.1) is 19.7 Å². The molecule has 0 heterocycles. The number of amides is 2. The first kappa shape index (κ1) is 21.4. The number of halogens is 1. The van der Waals surface area contributed by atoms with Gasteiger partial charge in [-0.15, -0.1) is 0 Å². The Labute approximate surface area is 165 Å². The van der Waals surface area contributed by atoms with Crippen LogP contribution in [0.4, 0.5) is 4.39 Å². The molecule has 150 valence electrons. The van der Waals surface area contributed by atoms with Crippen molar-refractivity contribution in [2.24, 2.45) is 5.92 Å². The van der Waals surface area contributed by atoms with Gasteiger partial charge >= 0.3 is 0 Å². The number of ether oxygens (including phenoxy) is 1. The monoisotopic (exact) mass is 386 g/mol. The summed E-state index contributed by atoms with van der Waals surface area (Å²) in [5.41, 5.74) is 1.79. The van der Waals surface area contributed by atoms with E-state index in [2.05, 4.69) is 10.6 Å². The number of hydrogen-bond acceptors (Lipinski definition) is 3. The van der Waals surface area contributed by atoms with Crippen LogP contribution in [0.15, 0.2) is 48.5 Å². The summed E-state index contributed by atoms with van der Waals surface area (Å²) in [5, 5.41) is 5.62. The lowest BCUT2D eigenvalue weighted by atomic mass is 9.98. The fraction of sp³-hybridized carbons (Fsp3) is 0.364. The topological polar surface area (TPSA) is 67.4 Å². The van der Waals surface area contributed by atoms with E-state index in [0.717, 1.165) is 16.9 Å². The maximum absolute atomic E-state index is 13.2. The zero-order chi connectivity index (χ0) is 20.5. The molecule has 2 aromatic carbocycles. The van der Waals surface area contributed by atoms with Crippen molar-refractivity contribution in [1.82, 2.24) is 10.6 Å². The zero-order valence-corrected chi connectivity index (χ0v) is 16.5. The molecule has 2 unspecified atom stereocenters. The smallest absolute Gasteiger partial charge is 0.239 e. The lowest BCUT2D eigenvalue weighted by Gasteiger charge is -2.20. The molecular weight excluding hydrogens is 359 g/mol. The van der Waals surface area contributed by atoms with Gasteiger partial charge in [0, 0.05) is 5.92 Å². The van der Waals surface area contributed by atoms with Crippen LogP contribution >= 0.6 is 0 Å². The first-order valence-corrected chi connectivity index (χ1v) is 9.38. The van der Waals surface area contributed by atoms with Gasteiger partial charge in [-0.1, -0.05) is 38.1 Å². The second-order valence-corrected chi connectivity index (χ2v) is 6.75. The number of nitrogens with one attached hydrogen (secondary N) is 2. The van der Waals surface area contributed by atoms with Crippen molar-refractivity contribution in [1.29, 1.82) is 0 Å². The average Bonchev–Trinajstić information content (AvgIpc) is 2.72. The molecule has 5 nitrogen and oxygen atoms in total. The van der Waals surface area contributed by atoms with Crippen LogP contribution in [0, 0.1) is 11.7 Å². The average molecular weight is 386 g/mol. The molecule has 0 aliphatic rings. The van der Waals surface area contributed by atoms with Crippen LogP contribution in [-0.4, -0.2) is 25.5 Å². The minimum Gasteiger partial charge on any atom is -0.497 e. The molecular formula is C22H27FN2O3. The Kier molecular flexibility index (Phi) is 7.99. The van der Waals surface area contributed by atoms with Gasteiger partial charge in [-0.05, 0) is 48.2 Å². The molecule has 0 aliphatic heterocycles. The summed E-state index contributed by atoms with van der Waals surface area (Å²) < 4.78 is 18.4. The third-order valence-corrected chi connectivity index (χ3v) is 4.69. The van der Waals surface area contributed by atoms with Crippen LogP contribution in [0.1, 0.15) is 37.4 Å². The van der Waals surface area contributed by atoms with Crippen molar-refractivity contribution in [3.63, 3.8) is 0 Å². The Morgan fingerprint density at radius 3 is 2.29 bits per heavy atom. The van der Waals surface area contributed by atoms with E-state index in [0.29, 0.717) is 12.8 Å². The minimum absolute atomic E-state index is 0.0841. The molecule has 2 atom stereocenters. The summed E-state index contributed by atoms with van der Waals surface area (Å²) >= 11 is 0. The molecule has 28 heavy (non-hydrogen) atoms. The van der Waals surface area contributed by atoms with Gasteiger partial charge in [0.15, 0.2) is 0 Å². The molecule has 0 aromatic heterocycles. The predicted molar refractivity (Wildman–Crippen MR) is 106 cm³/mol. The van der Waals surface area contributed by atoms with Crippen molar-refractivity contribution >= 4 is 11.8 Å². The summed E-state index contributed by atoms with van der Waals surface area (Å²) in [6.07, 6.45) is 1.21. The van der Waals surface area contributed by atoms with Gasteiger partial charge in [0.2, 0.25) is 11.8 Å². The van der Waals surface area contributed by atoms with E-state index in [1.54, 1.807) is 19.2 Å². The Hall–Kier alpha value is -2.89. The summed E-state index contributed by atoms with van der Waals surface area (Å²) in [4.78, 5) is 24.3. The van der Waals surface area contributed by atoms with Gasteiger partial charge in [-0.3, -0.25) is 9.59 Å². The Morgan fingerprint density at radius 2 is 1.71 bits per heavy atom. The van der Waals surface area contributed by atoms with Gasteiger partial charge in [-0.2, -0.15) is 0 Å². The van der Waals surface area contributed by atoms with E-state index in [1.165, 1.54) is 12.1 Å². The molecule has 0 saturated carbocycles. The summed E-state index contributed by atoms with van der Waals surface area (Å²) in [5.74, 6) is -0.140. The molecule has 2 N–H and O–H groups in total. The minimum atomic E-state index is -0.315. The van der Waals surface area contributed by atoms with E-state index in [-0.39, 0.29) is 36.1 Å². The number of methoxy groups -OCH3 is 1. The van der Waals surface area contributed by atoms with Crippen molar-refractivity contribution in [3.05, 3.63) is 65.5 Å². The Balaban J connectivity index is 2.09. The van der Waals surface area contributed by atoms with E-state index in [1.807, 2.05) is 38.1 Å². The van der Waals surface area contributed by atoms with E-state index in [9.17, 15) is 14.0 Å². The van der Waals surface area contributed by atoms with Crippen molar-refractivity contribution < 1.29 is 18.7 Å². The normalized spacial score (nSPS) is 12.7. The standard InChI is InChI=1S/C22H27FN2O3/c1-4-15(2)22(27)24-14-21(26)25-20(13-16-5-9-18(23)10-6-16)17-7-11-19(28-3)12-8-17/h5-12,15,20H,4,13-14H2,1-3H3,(H,24,27)(H,25,26). The second kappa shape index (κ2) is 10.4. The quantitative estimate of drug-likeness (QED) is 0.694. The molecule has 6 heteroatoms. The molecule has 0 bridgehead atoms. The van der Waals surface area contributed by atoms with E-state index < -0.39 is 0 Å². The van der Waals surface area contributed by atoms with Crippen molar-refractivity contribution in [2.45, 2.75) is 32.7 Å². The third-order valence-electron chi connectivity index (χ3n) is 4.69. The maximum atomic E-state index is 13.2. The largest absolute Gasteiger partial charge is 0.497 e. The van der Waals surface area contributed by atoms with E-state index >= 15 is 0 Å². The fourth-order valence-corrected chi connectivity index (χ4v) is 2.72. The van der Waals surface area contributed by atoms with Crippen LogP contribution < -0.4 is 15.4 Å². The van der Waals surface area contributed by atoms with Crippen LogP contribution in [0.3, 0.4) is 0 Å². The highest BCUT2D eigenvalue weighted by Gasteiger charge is 2.17. The second-order valence-electron chi connectivity index (χ2n) is 6.75. The summed E-state index contributed by atoms with van der Waals surface area (Å²) in [7, 11) is 1.59. The van der Waals surface area contributed by atoms with Gasteiger partial charge < -0.3 is 15.4 Å². The van der Waals surface area contributed by atoms with Gasteiger partial charge in [0.25, 0.3) is 0 Å². The molecule has 0 spiro atoms. The van der Waals surface area contributed by atoms with Gasteiger partial charge in [-0.25, -0.2) is 4.39 Å². The van der Waals surface area contributed by atoms with Crippen molar-refractivity contribution in [3.8, 4) is 5.75 Å². The number of carbonyl (C=O) groups is 2. The first-order chi connectivity index (χ1) is 13.4. The van der Waals surface area contributed by atoms with Crippen LogP contribution in [0.5, 0.6) is 5.75 Å². The Morgan fingerprint density at radius 1 is 1.07 bits per heavy atom. The highest BCUT2D eigenvalue weighted by molar-refractivity contribution is 5.85. The van der Waals surface area contributed by atoms with Crippen LogP contribution in [-0.2, 0) is 16.0 Å². The van der Waals surface area contributed by atoms with E-state index in [4.69, 9.17) is 4.74 Å². The van der Waals surface area contributed by atoms with Crippen molar-refractivity contribution in [2.75, 3.05) is 13.7 Å². The lowest BCUT2D eigenvalue weighted by molar-refractivity contribution is -0.128. The Bertz CT molecular complexity index is 775. The molecule has 2 amide bonds. The SMILES string of the molecule is CCC(C)C(=O)NCC(=O)NC(Cc1ccc(F)cc1)c1ccc(OC)cc1. The molecule has 2 rings (SSSR count). The van der Waals surface area contributed by atoms with Crippen LogP contribution in [0.25, 0.3) is 0 Å². The molecule has 0 radical (unpaired) electrons. The zero-order valence-electron chi connectivity index (χ0n) is 16.5. The fourth-order valence-electron chi connectivity index (χ4n) is 2.72. The lowest BCUT2D eigenvalue weighted by Crippen LogP contribution is -2.40. The predicted octanol–water partition coefficient (Wildman–Crippen LogP) is 3.40. The number of benzene rings is 2. The highest BCUT2D eigenvalue weighted by Crippen LogP contribution is 2.21. The summed E-state index contributed by atoms with van der Waals surface area (Å²) in [6.45, 7) is 3.66. The number of rotatable bonds is 9. The molecule has 0 saturated heterocycles. The molecule has 2 aromatic rings. The van der Waals surface area contributed by atoms with Gasteiger partial charge in [0.1, 0.15) is 11.6 Å².